The molecule has 4 aliphatic rings. The second kappa shape index (κ2) is 18.5. The number of ketones is 1. The Balaban J connectivity index is 1.54. The van der Waals surface area contributed by atoms with E-state index in [1.165, 1.54) is 32.1 Å². The Labute approximate surface area is 367 Å². The van der Waals surface area contributed by atoms with E-state index in [1.54, 1.807) is 69.3 Å². The van der Waals surface area contributed by atoms with Crippen molar-refractivity contribution in [1.29, 1.82) is 0 Å². The van der Waals surface area contributed by atoms with Crippen LogP contribution in [0.25, 0.3) is 0 Å². The number of unbranched alkanes of at least 4 members (excludes halogenated alkanes) is 2. The number of esters is 4. The number of Topliss-reactive ketones (excluding diaryl/α,β-unsaturated/α-hetero) is 1. The fourth-order valence-corrected chi connectivity index (χ4v) is 10.3. The summed E-state index contributed by atoms with van der Waals surface area (Å²) in [6, 6.07) is 15.0. The number of aliphatic hydroxyl groups is 3. The summed E-state index contributed by atoms with van der Waals surface area (Å²) in [5.74, 6) is -6.67. The first-order valence-electron chi connectivity index (χ1n) is 21.6. The van der Waals surface area contributed by atoms with E-state index >= 15 is 4.79 Å². The zero-order chi connectivity index (χ0) is 46.1. The van der Waals surface area contributed by atoms with Crippen molar-refractivity contribution in [2.24, 2.45) is 16.7 Å². The molecule has 1 amide bonds. The molecule has 6 rings (SSSR count). The first kappa shape index (κ1) is 47.3. The Kier molecular flexibility index (Phi) is 13.9. The Bertz CT molecular complexity index is 2140. The average molecular weight is 874 g/mol. The average Bonchev–Trinajstić information content (AvgIpc) is 3.24. The molecule has 11 atom stereocenters. The lowest BCUT2D eigenvalue weighted by Gasteiger charge is -2.67. The molecule has 15 heteroatoms. The second-order valence-electron chi connectivity index (χ2n) is 17.9. The summed E-state index contributed by atoms with van der Waals surface area (Å²) in [5, 5.41) is 40.4. The molecule has 3 fully saturated rings. The van der Waals surface area contributed by atoms with Crippen molar-refractivity contribution in [1.82, 2.24) is 5.32 Å². The van der Waals surface area contributed by atoms with Crippen molar-refractivity contribution in [2.75, 3.05) is 6.61 Å². The van der Waals surface area contributed by atoms with Crippen LogP contribution in [-0.4, -0.2) is 105 Å². The maximum absolute atomic E-state index is 15.6. The number of ether oxygens (including phenoxy) is 5. The van der Waals surface area contributed by atoms with Gasteiger partial charge in [0.1, 0.15) is 23.9 Å². The van der Waals surface area contributed by atoms with Gasteiger partial charge in [-0.1, -0.05) is 88.2 Å². The number of hydrogen-bond donors (Lipinski definition) is 4. The van der Waals surface area contributed by atoms with Gasteiger partial charge in [0, 0.05) is 37.7 Å². The minimum atomic E-state index is -2.39. The third-order valence-corrected chi connectivity index (χ3v) is 13.7. The largest absolute Gasteiger partial charge is 0.456 e. The van der Waals surface area contributed by atoms with E-state index in [2.05, 4.69) is 5.32 Å². The monoisotopic (exact) mass is 873 g/mol. The number of carbonyl (C=O) groups excluding carboxylic acids is 6. The molecule has 0 radical (unpaired) electrons. The Morgan fingerprint density at radius 2 is 1.62 bits per heavy atom. The van der Waals surface area contributed by atoms with E-state index in [9.17, 15) is 39.3 Å². The minimum Gasteiger partial charge on any atom is -0.456 e. The fourth-order valence-electron chi connectivity index (χ4n) is 10.3. The van der Waals surface area contributed by atoms with Crippen molar-refractivity contribution in [3.05, 3.63) is 95.1 Å². The van der Waals surface area contributed by atoms with Gasteiger partial charge >= 0.3 is 23.9 Å². The third-order valence-electron chi connectivity index (χ3n) is 13.7. The molecular weight excluding hydrogens is 815 g/mol. The number of allylic oxidation sites excluding steroid dienone is 1. The van der Waals surface area contributed by atoms with Gasteiger partial charge in [0.15, 0.2) is 23.6 Å². The van der Waals surface area contributed by atoms with Gasteiger partial charge in [-0.3, -0.25) is 14.4 Å². The summed E-state index contributed by atoms with van der Waals surface area (Å²) < 4.78 is 30.5. The maximum atomic E-state index is 15.6. The molecule has 15 nitrogen and oxygen atoms in total. The molecular formula is C48H59NO14. The van der Waals surface area contributed by atoms with E-state index in [1.807, 2.05) is 6.92 Å². The van der Waals surface area contributed by atoms with E-state index in [4.69, 9.17) is 23.7 Å². The Hall–Kier alpha value is -5.22. The molecule has 1 aliphatic heterocycles. The summed E-state index contributed by atoms with van der Waals surface area (Å²) in [5.41, 5.74) is -7.25. The molecule has 1 heterocycles. The zero-order valence-electron chi connectivity index (χ0n) is 36.8. The molecule has 2 aromatic rings. The molecule has 340 valence electrons. The lowest BCUT2D eigenvalue weighted by atomic mass is 9.44. The summed E-state index contributed by atoms with van der Waals surface area (Å²) in [6.45, 7) is 10.5. The van der Waals surface area contributed by atoms with Crippen LogP contribution in [0.5, 0.6) is 0 Å². The Morgan fingerprint density at radius 1 is 0.968 bits per heavy atom. The number of aliphatic hydroxyl groups excluding tert-OH is 2. The van der Waals surface area contributed by atoms with E-state index in [0.29, 0.717) is 12.0 Å². The van der Waals surface area contributed by atoms with Crippen molar-refractivity contribution < 1.29 is 67.8 Å². The van der Waals surface area contributed by atoms with Crippen molar-refractivity contribution >= 4 is 35.6 Å². The molecule has 0 spiro atoms. The van der Waals surface area contributed by atoms with Crippen LogP contribution in [-0.2, 0) is 47.7 Å². The van der Waals surface area contributed by atoms with Gasteiger partial charge in [0.25, 0.3) is 0 Å². The number of fused-ring (bicyclic) bond motifs is 5. The van der Waals surface area contributed by atoms with Gasteiger partial charge in [0.2, 0.25) is 5.91 Å². The van der Waals surface area contributed by atoms with Crippen LogP contribution in [0.1, 0.15) is 109 Å². The smallest absolute Gasteiger partial charge is 0.338 e. The normalized spacial score (nSPS) is 31.7. The quantitative estimate of drug-likeness (QED) is 0.0673. The van der Waals surface area contributed by atoms with Crippen molar-refractivity contribution in [3.63, 3.8) is 0 Å². The minimum absolute atomic E-state index is 0.00335. The van der Waals surface area contributed by atoms with Crippen molar-refractivity contribution in [3.8, 4) is 0 Å². The van der Waals surface area contributed by atoms with Gasteiger partial charge in [-0.15, -0.1) is 0 Å². The zero-order valence-corrected chi connectivity index (χ0v) is 36.8. The van der Waals surface area contributed by atoms with E-state index < -0.39 is 113 Å². The summed E-state index contributed by atoms with van der Waals surface area (Å²) >= 11 is 0. The SMILES string of the molecule is C/C=C/C(=O)O[C@H]1C(=O)[C@@]2(C)C([C@H](OC(=O)c3ccccc3)[C@]3(O)C[C@H](OC(=O)[C@H](O)[C@@H](NC(=O)CCCCC)c4ccccc4)C(C)=C1C3(C)C)[C@]1(OC(C)=O)CO[C@@H]1C[C@@H]2O. The van der Waals surface area contributed by atoms with Gasteiger partial charge in [0.05, 0.1) is 35.6 Å². The molecule has 1 saturated heterocycles. The number of benzene rings is 2. The third kappa shape index (κ3) is 8.48. The predicted molar refractivity (Wildman–Crippen MR) is 225 cm³/mol. The summed E-state index contributed by atoms with van der Waals surface area (Å²) in [7, 11) is 0. The number of amides is 1. The molecule has 1 unspecified atom stereocenters. The topological polar surface area (TPSA) is 221 Å². The van der Waals surface area contributed by atoms with E-state index in [-0.39, 0.29) is 36.2 Å². The second-order valence-corrected chi connectivity index (χ2v) is 17.9. The number of nitrogens with one attached hydrogen (secondary N) is 1. The highest BCUT2D eigenvalue weighted by molar-refractivity contribution is 5.97. The summed E-state index contributed by atoms with van der Waals surface area (Å²) in [4.78, 5) is 83.9. The molecule has 2 aromatic carbocycles. The van der Waals surface area contributed by atoms with Gasteiger partial charge < -0.3 is 44.3 Å². The van der Waals surface area contributed by atoms with Crippen LogP contribution in [0.4, 0.5) is 0 Å². The van der Waals surface area contributed by atoms with Gasteiger partial charge in [-0.05, 0) is 56.0 Å². The standard InChI is InChI=1S/C48H59NO14/c1-8-10-13-23-34(52)49-37(29-19-14-11-15-20-29)38(54)44(57)60-31-25-48(58)42(62-43(56)30-21-16-12-17-22-30)40-46(7,32(51)24-33-47(40,26-59-33)63-28(4)50)41(55)39(61-35(53)18-9-2)36(27(31)3)45(48,5)6/h9,11-12,14-22,31-33,37-40,42,51,54,58H,8,10,13,23-26H2,1-7H3,(H,49,52)/b18-9+/t31-,32-,33+,37-,38+,39+,40?,42-,46+,47-,48+/m0/s1. The number of carbonyl (C=O) groups is 6. The molecule has 2 bridgehead atoms. The predicted octanol–water partition coefficient (Wildman–Crippen LogP) is 4.56. The van der Waals surface area contributed by atoms with Crippen molar-refractivity contribution in [2.45, 2.75) is 141 Å². The maximum Gasteiger partial charge on any atom is 0.338 e. The van der Waals surface area contributed by atoms with Crippen LogP contribution >= 0.6 is 0 Å². The van der Waals surface area contributed by atoms with Crippen LogP contribution in [0.2, 0.25) is 0 Å². The highest BCUT2D eigenvalue weighted by Crippen LogP contribution is 2.64. The van der Waals surface area contributed by atoms with Crippen LogP contribution in [0.3, 0.4) is 0 Å². The molecule has 4 N–H and O–H groups in total. The fraction of sp³-hybridized carbons (Fsp3) is 0.542. The van der Waals surface area contributed by atoms with Gasteiger partial charge in [-0.25, -0.2) is 14.4 Å². The lowest BCUT2D eigenvalue weighted by molar-refractivity contribution is -0.346. The first-order chi connectivity index (χ1) is 29.8. The molecule has 2 saturated carbocycles. The van der Waals surface area contributed by atoms with Gasteiger partial charge in [-0.2, -0.15) is 0 Å². The first-order valence-corrected chi connectivity index (χ1v) is 21.6. The number of rotatable bonds is 14. The molecule has 0 aromatic heterocycles. The lowest BCUT2D eigenvalue weighted by Crippen LogP contribution is -2.82. The van der Waals surface area contributed by atoms with E-state index in [0.717, 1.165) is 25.8 Å². The molecule has 3 aliphatic carbocycles. The molecule has 63 heavy (non-hydrogen) atoms. The Morgan fingerprint density at radius 3 is 2.21 bits per heavy atom. The van der Waals surface area contributed by atoms with Crippen LogP contribution in [0.15, 0.2) is 84.0 Å². The highest BCUT2D eigenvalue weighted by Gasteiger charge is 2.78. The van der Waals surface area contributed by atoms with Crippen LogP contribution < -0.4 is 5.32 Å². The number of hydrogen-bond acceptors (Lipinski definition) is 14. The highest BCUT2D eigenvalue weighted by atomic mass is 16.6. The van der Waals surface area contributed by atoms with Crippen LogP contribution in [0, 0.1) is 16.7 Å². The summed E-state index contributed by atoms with van der Waals surface area (Å²) in [6.07, 6.45) is -5.58.